The van der Waals surface area contributed by atoms with Gasteiger partial charge in [-0.05, 0) is 76.8 Å². The fraction of sp³-hybridized carbons (Fsp3) is 0. The maximum atomic E-state index is 9.80. The van der Waals surface area contributed by atoms with Gasteiger partial charge in [-0.2, -0.15) is 0 Å². The van der Waals surface area contributed by atoms with Gasteiger partial charge in [0.25, 0.3) is 0 Å². The fourth-order valence-electron chi connectivity index (χ4n) is 7.14. The van der Waals surface area contributed by atoms with Gasteiger partial charge in [0.1, 0.15) is 11.2 Å². The zero-order valence-electron chi connectivity index (χ0n) is 41.2. The number of fused-ring (bicyclic) bond motifs is 6. The van der Waals surface area contributed by atoms with Crippen molar-refractivity contribution in [3.8, 4) is 62.1 Å². The Bertz CT molecular complexity index is 3940. The first-order chi connectivity index (χ1) is 32.7. The molecule has 5 nitrogen and oxygen atoms in total. The van der Waals surface area contributed by atoms with Crippen molar-refractivity contribution in [1.29, 1.82) is 0 Å². The predicted molar refractivity (Wildman–Crippen MR) is 229 cm³/mol. The molecule has 0 aliphatic carbocycles. The van der Waals surface area contributed by atoms with Crippen LogP contribution < -0.4 is 0 Å². The Morgan fingerprint density at radius 1 is 0.393 bits per heavy atom. The lowest BCUT2D eigenvalue weighted by Gasteiger charge is -2.11. The van der Waals surface area contributed by atoms with Crippen LogP contribution in [0.15, 0.2) is 198 Å². The normalized spacial score (nSPS) is 14.6. The van der Waals surface area contributed by atoms with Crippen molar-refractivity contribution >= 4 is 43.7 Å². The molecular weight excluding hydrogens is 685 g/mol. The van der Waals surface area contributed by atoms with Gasteiger partial charge in [0, 0.05) is 43.9 Å². The molecule has 0 spiro atoms. The molecule has 56 heavy (non-hydrogen) atoms. The van der Waals surface area contributed by atoms with Gasteiger partial charge in [-0.15, -0.1) is 0 Å². The second-order valence-corrected chi connectivity index (χ2v) is 13.1. The minimum atomic E-state index is -0.708. The van der Waals surface area contributed by atoms with E-state index in [2.05, 4.69) is 0 Å². The van der Waals surface area contributed by atoms with Crippen molar-refractivity contribution < 1.29 is 20.9 Å². The quantitative estimate of drug-likeness (QED) is 0.171. The summed E-state index contributed by atoms with van der Waals surface area (Å²) in [5.74, 6) is 0.935. The van der Waals surface area contributed by atoms with Crippen LogP contribution in [0.1, 0.15) is 16.4 Å². The van der Waals surface area contributed by atoms with Gasteiger partial charge in [0.15, 0.2) is 17.5 Å². The molecule has 0 saturated heterocycles. The molecule has 0 bridgehead atoms. The zero-order valence-corrected chi connectivity index (χ0v) is 29.2. The Morgan fingerprint density at radius 3 is 1.75 bits per heavy atom. The molecule has 0 unspecified atom stereocenters. The molecule has 8 aromatic carbocycles. The van der Waals surface area contributed by atoms with E-state index >= 15 is 0 Å². The number of hydrogen-bond acceptors (Lipinski definition) is 4. The minimum Gasteiger partial charge on any atom is -0.456 e. The number of para-hydroxylation sites is 3. The number of hydrogen-bond donors (Lipinski definition) is 0. The van der Waals surface area contributed by atoms with E-state index in [1.54, 1.807) is 24.3 Å². The van der Waals surface area contributed by atoms with Crippen LogP contribution in [0, 0.1) is 0 Å². The maximum absolute atomic E-state index is 9.80. The summed E-state index contributed by atoms with van der Waals surface area (Å²) in [6.45, 7) is 0. The van der Waals surface area contributed by atoms with E-state index in [4.69, 9.17) is 31.7 Å². The molecule has 0 N–H and O–H groups in total. The van der Waals surface area contributed by atoms with E-state index in [0.29, 0.717) is 33.9 Å². The summed E-state index contributed by atoms with van der Waals surface area (Å²) >= 11 is 0. The Balaban J connectivity index is 1.15. The third kappa shape index (κ3) is 5.45. The molecule has 0 atom stereocenters. The highest BCUT2D eigenvalue weighted by molar-refractivity contribution is 6.10. The van der Waals surface area contributed by atoms with E-state index in [1.165, 1.54) is 0 Å². The summed E-state index contributed by atoms with van der Waals surface area (Å²) in [5, 5.41) is 1.45. The van der Waals surface area contributed by atoms with E-state index in [9.17, 15) is 4.11 Å². The largest absolute Gasteiger partial charge is 0.456 e. The maximum Gasteiger partial charge on any atom is 0.164 e. The lowest BCUT2D eigenvalue weighted by atomic mass is 10.0. The molecule has 5 heteroatoms. The third-order valence-electron chi connectivity index (χ3n) is 9.78. The summed E-state index contributed by atoms with van der Waals surface area (Å²) in [5.41, 5.74) is 4.28. The van der Waals surface area contributed by atoms with Crippen LogP contribution >= 0.6 is 0 Å². The van der Waals surface area contributed by atoms with Crippen LogP contribution in [0.25, 0.3) is 106 Å². The minimum absolute atomic E-state index is 0.0866. The van der Waals surface area contributed by atoms with E-state index in [-0.39, 0.29) is 38.8 Å². The molecule has 0 radical (unpaired) electrons. The summed E-state index contributed by atoms with van der Waals surface area (Å²) in [6, 6.07) is 30.6. The highest BCUT2D eigenvalue weighted by Crippen LogP contribution is 2.37. The van der Waals surface area contributed by atoms with Gasteiger partial charge in [-0.25, -0.2) is 15.0 Å². The van der Waals surface area contributed by atoms with Gasteiger partial charge in [-0.1, -0.05) is 139 Å². The average Bonchev–Trinajstić information content (AvgIpc) is 3.92. The second-order valence-electron chi connectivity index (χ2n) is 13.1. The predicted octanol–water partition coefficient (Wildman–Crippen LogP) is 13.2. The molecule has 0 aliphatic rings. The molecular formula is C51H32N4O. The van der Waals surface area contributed by atoms with Gasteiger partial charge in [0.2, 0.25) is 0 Å². The first kappa shape index (κ1) is 21.9. The van der Waals surface area contributed by atoms with Crippen molar-refractivity contribution in [2.24, 2.45) is 0 Å². The molecule has 0 fully saturated rings. The molecule has 0 aliphatic heterocycles. The van der Waals surface area contributed by atoms with Crippen molar-refractivity contribution in [2.45, 2.75) is 0 Å². The lowest BCUT2D eigenvalue weighted by Crippen LogP contribution is -2.00. The van der Waals surface area contributed by atoms with Crippen LogP contribution in [0.2, 0.25) is 0 Å². The average molecular weight is 729 g/mol. The topological polar surface area (TPSA) is 56.7 Å². The van der Waals surface area contributed by atoms with Gasteiger partial charge in [-0.3, -0.25) is 0 Å². The molecule has 0 saturated carbocycles. The summed E-state index contributed by atoms with van der Waals surface area (Å²) in [6.07, 6.45) is 0. The number of nitrogens with zero attached hydrogens (tertiary/aromatic N) is 4. The van der Waals surface area contributed by atoms with Crippen molar-refractivity contribution in [3.05, 3.63) is 194 Å². The Hall–Kier alpha value is -7.63. The van der Waals surface area contributed by atoms with Crippen LogP contribution in [-0.4, -0.2) is 19.5 Å². The van der Waals surface area contributed by atoms with Crippen LogP contribution in [-0.2, 0) is 0 Å². The molecule has 11 rings (SSSR count). The molecule has 11 aromatic rings. The summed E-state index contributed by atoms with van der Waals surface area (Å²) < 4.78 is 114. The van der Waals surface area contributed by atoms with Crippen molar-refractivity contribution in [2.75, 3.05) is 0 Å². The van der Waals surface area contributed by atoms with Gasteiger partial charge >= 0.3 is 0 Å². The first-order valence-corrected chi connectivity index (χ1v) is 17.8. The zero-order chi connectivity index (χ0) is 47.4. The third-order valence-corrected chi connectivity index (χ3v) is 9.78. The first-order valence-electron chi connectivity index (χ1n) is 23.8. The number of rotatable bonds is 6. The smallest absolute Gasteiger partial charge is 0.164 e. The van der Waals surface area contributed by atoms with Gasteiger partial charge < -0.3 is 8.98 Å². The molecule has 262 valence electrons. The van der Waals surface area contributed by atoms with Crippen LogP contribution in [0.4, 0.5) is 0 Å². The summed E-state index contributed by atoms with van der Waals surface area (Å²) in [7, 11) is 0. The highest BCUT2D eigenvalue weighted by Gasteiger charge is 2.17. The van der Waals surface area contributed by atoms with Crippen LogP contribution in [0.5, 0.6) is 0 Å². The van der Waals surface area contributed by atoms with E-state index in [0.717, 1.165) is 32.0 Å². The standard InChI is InChI=1S/C51H32N4O/c1-3-13-33(14-4-1)34-15-11-17-37(29-34)49-52-50(54-51(53-49)39-26-28-44-43-22-8-10-24-47(43)56-48(44)32-39)38-18-12-16-35(30-38)36-25-27-42-41-21-7-9-23-45(41)55(46(42)31-36)40-19-5-2-6-20-40/h1-32H/i2D,5D,6D,7D,9D,19D,20D,21D,23D,25D,27D,31D. The number of aromatic nitrogens is 4. The van der Waals surface area contributed by atoms with Crippen molar-refractivity contribution in [1.82, 2.24) is 19.5 Å². The van der Waals surface area contributed by atoms with Crippen LogP contribution in [0.3, 0.4) is 0 Å². The second kappa shape index (κ2) is 13.0. The highest BCUT2D eigenvalue weighted by atomic mass is 16.3. The summed E-state index contributed by atoms with van der Waals surface area (Å²) in [4.78, 5) is 15.0. The fourth-order valence-corrected chi connectivity index (χ4v) is 7.14. The Morgan fingerprint density at radius 2 is 0.982 bits per heavy atom. The van der Waals surface area contributed by atoms with E-state index < -0.39 is 78.2 Å². The number of benzene rings is 8. The number of furan rings is 1. The van der Waals surface area contributed by atoms with E-state index in [1.807, 2.05) is 97.1 Å². The van der Waals surface area contributed by atoms with Gasteiger partial charge in [0.05, 0.1) is 27.5 Å². The monoisotopic (exact) mass is 728 g/mol. The molecule has 3 heterocycles. The SMILES string of the molecule is [2H]c1c([2H])c([2H])c(-n2c3c([2H])c([2H])c([2H])c([2H])c3c3c([2H])c([2H])c(-c4cccc(-c5nc(-c6cccc(-c7ccccc7)c6)nc(-c6ccc7c(c6)oc6ccccc67)n5)c4)c([2H])c32)c([2H])c1[2H]. The molecule has 3 aromatic heterocycles. The molecule has 0 amide bonds. The van der Waals surface area contributed by atoms with Crippen molar-refractivity contribution in [3.63, 3.8) is 0 Å². The Kier molecular flexibility index (Phi) is 5.10. The Labute approximate surface area is 339 Å². The lowest BCUT2D eigenvalue weighted by molar-refractivity contribution is 0.669.